The second-order valence-corrected chi connectivity index (χ2v) is 4.95. The van der Waals surface area contributed by atoms with Crippen LogP contribution >= 0.6 is 0 Å². The Hall–Kier alpha value is -1.07. The maximum Gasteiger partial charge on any atom is 0.132 e. The number of aromatic nitrogens is 2. The lowest BCUT2D eigenvalue weighted by Gasteiger charge is -2.36. The zero-order valence-corrected chi connectivity index (χ0v) is 10.7. The van der Waals surface area contributed by atoms with E-state index in [0.717, 1.165) is 36.6 Å². The fourth-order valence-electron chi connectivity index (χ4n) is 2.60. The summed E-state index contributed by atoms with van der Waals surface area (Å²) < 4.78 is 1.82. The molecule has 0 aromatic carbocycles. The van der Waals surface area contributed by atoms with Gasteiger partial charge in [-0.2, -0.15) is 5.10 Å². The van der Waals surface area contributed by atoms with Gasteiger partial charge in [0.15, 0.2) is 0 Å². The lowest BCUT2D eigenvalue weighted by atomic mass is 9.96. The van der Waals surface area contributed by atoms with E-state index >= 15 is 0 Å². The third-order valence-electron chi connectivity index (χ3n) is 3.63. The third kappa shape index (κ3) is 2.17. The minimum atomic E-state index is -0.210. The van der Waals surface area contributed by atoms with Crippen LogP contribution in [0.15, 0.2) is 0 Å². The topological polar surface area (TPSA) is 61.5 Å². The van der Waals surface area contributed by atoms with E-state index in [0.29, 0.717) is 0 Å². The van der Waals surface area contributed by atoms with Crippen molar-refractivity contribution in [1.29, 1.82) is 0 Å². The smallest absolute Gasteiger partial charge is 0.132 e. The predicted octanol–water partition coefficient (Wildman–Crippen LogP) is 0.428. The van der Waals surface area contributed by atoms with Gasteiger partial charge in [-0.15, -0.1) is 0 Å². The SMILES string of the molecule is Cc1nn(C)c(N2CCC(O)C(C)C2)c1CO. The molecule has 2 atom stereocenters. The number of hydrogen-bond donors (Lipinski definition) is 2. The third-order valence-corrected chi connectivity index (χ3v) is 3.63. The fourth-order valence-corrected chi connectivity index (χ4v) is 2.60. The molecule has 1 aliphatic heterocycles. The monoisotopic (exact) mass is 239 g/mol. The van der Waals surface area contributed by atoms with Crippen LogP contribution in [0.2, 0.25) is 0 Å². The molecule has 2 heterocycles. The number of rotatable bonds is 2. The van der Waals surface area contributed by atoms with E-state index < -0.39 is 0 Å². The minimum Gasteiger partial charge on any atom is -0.393 e. The van der Waals surface area contributed by atoms with Crippen LogP contribution in [0.1, 0.15) is 24.6 Å². The molecule has 2 rings (SSSR count). The number of anilines is 1. The Balaban J connectivity index is 2.28. The van der Waals surface area contributed by atoms with Crippen LogP contribution in [0.4, 0.5) is 5.82 Å². The fraction of sp³-hybridized carbons (Fsp3) is 0.750. The van der Waals surface area contributed by atoms with Crippen LogP contribution in [0, 0.1) is 12.8 Å². The first kappa shape index (κ1) is 12.4. The standard InChI is InChI=1S/C12H21N3O2/c1-8-6-15(5-4-11(8)17)12-10(7-16)9(2)13-14(12)3/h8,11,16-17H,4-7H2,1-3H3. The Morgan fingerprint density at radius 1 is 1.47 bits per heavy atom. The first-order valence-corrected chi connectivity index (χ1v) is 6.11. The molecule has 1 aromatic heterocycles. The molecule has 0 amide bonds. The second-order valence-electron chi connectivity index (χ2n) is 4.95. The van der Waals surface area contributed by atoms with Gasteiger partial charge in [0.05, 0.1) is 18.4 Å². The molecule has 0 bridgehead atoms. The summed E-state index contributed by atoms with van der Waals surface area (Å²) in [5.74, 6) is 1.24. The highest BCUT2D eigenvalue weighted by Gasteiger charge is 2.28. The van der Waals surface area contributed by atoms with E-state index in [1.165, 1.54) is 0 Å². The zero-order chi connectivity index (χ0) is 12.6. The van der Waals surface area contributed by atoms with Crippen LogP contribution in [0.25, 0.3) is 0 Å². The summed E-state index contributed by atoms with van der Waals surface area (Å²) in [5.41, 5.74) is 1.78. The Kier molecular flexibility index (Phi) is 3.40. The largest absolute Gasteiger partial charge is 0.393 e. The molecule has 5 nitrogen and oxygen atoms in total. The average molecular weight is 239 g/mol. The highest BCUT2D eigenvalue weighted by Crippen LogP contribution is 2.27. The summed E-state index contributed by atoms with van der Waals surface area (Å²) in [4.78, 5) is 2.21. The zero-order valence-electron chi connectivity index (χ0n) is 10.7. The van der Waals surface area contributed by atoms with Crippen molar-refractivity contribution in [1.82, 2.24) is 9.78 Å². The molecule has 1 fully saturated rings. The lowest BCUT2D eigenvalue weighted by molar-refractivity contribution is 0.0965. The molecule has 0 radical (unpaired) electrons. The summed E-state index contributed by atoms with van der Waals surface area (Å²) in [6.07, 6.45) is 0.564. The normalized spacial score (nSPS) is 25.4. The molecule has 2 unspecified atom stereocenters. The summed E-state index contributed by atoms with van der Waals surface area (Å²) in [6.45, 7) is 5.61. The van der Waals surface area contributed by atoms with Gasteiger partial charge in [0, 0.05) is 25.7 Å². The number of aryl methyl sites for hydroxylation is 2. The van der Waals surface area contributed by atoms with Crippen molar-refractivity contribution in [3.8, 4) is 0 Å². The van der Waals surface area contributed by atoms with Crippen LogP contribution in [0.3, 0.4) is 0 Å². The van der Waals surface area contributed by atoms with E-state index in [-0.39, 0.29) is 18.6 Å². The van der Waals surface area contributed by atoms with Crippen molar-refractivity contribution in [2.75, 3.05) is 18.0 Å². The van der Waals surface area contributed by atoms with Crippen molar-refractivity contribution in [2.45, 2.75) is 33.0 Å². The van der Waals surface area contributed by atoms with Gasteiger partial charge in [0.2, 0.25) is 0 Å². The molecule has 1 aromatic rings. The maximum absolute atomic E-state index is 9.74. The van der Waals surface area contributed by atoms with Crippen molar-refractivity contribution < 1.29 is 10.2 Å². The minimum absolute atomic E-state index is 0.0163. The van der Waals surface area contributed by atoms with E-state index in [1.807, 2.05) is 18.7 Å². The molecule has 0 aliphatic carbocycles. The second kappa shape index (κ2) is 4.66. The molecule has 0 saturated carbocycles. The maximum atomic E-state index is 9.74. The van der Waals surface area contributed by atoms with Crippen LogP contribution in [0.5, 0.6) is 0 Å². The van der Waals surface area contributed by atoms with E-state index in [9.17, 15) is 10.2 Å². The number of aliphatic hydroxyl groups excluding tert-OH is 2. The Bertz CT molecular complexity index is 403. The van der Waals surface area contributed by atoms with Gasteiger partial charge in [-0.05, 0) is 19.3 Å². The highest BCUT2D eigenvalue weighted by molar-refractivity contribution is 5.50. The molecule has 17 heavy (non-hydrogen) atoms. The number of nitrogens with zero attached hydrogens (tertiary/aromatic N) is 3. The first-order valence-electron chi connectivity index (χ1n) is 6.11. The first-order chi connectivity index (χ1) is 8.04. The van der Waals surface area contributed by atoms with Gasteiger partial charge in [-0.1, -0.05) is 6.92 Å². The quantitative estimate of drug-likeness (QED) is 0.785. The predicted molar refractivity (Wildman–Crippen MR) is 65.9 cm³/mol. The van der Waals surface area contributed by atoms with Crippen molar-refractivity contribution in [3.05, 3.63) is 11.3 Å². The van der Waals surface area contributed by atoms with Crippen LogP contribution < -0.4 is 4.90 Å². The number of hydrogen-bond acceptors (Lipinski definition) is 4. The lowest BCUT2D eigenvalue weighted by Crippen LogP contribution is -2.43. The summed E-state index contributed by atoms with van der Waals surface area (Å²) in [6, 6.07) is 0. The summed E-state index contributed by atoms with van der Waals surface area (Å²) >= 11 is 0. The van der Waals surface area contributed by atoms with Gasteiger partial charge < -0.3 is 15.1 Å². The highest BCUT2D eigenvalue weighted by atomic mass is 16.3. The van der Waals surface area contributed by atoms with Gasteiger partial charge in [0.1, 0.15) is 5.82 Å². The van der Waals surface area contributed by atoms with E-state index in [4.69, 9.17) is 0 Å². The van der Waals surface area contributed by atoms with Crippen molar-refractivity contribution >= 4 is 5.82 Å². The van der Waals surface area contributed by atoms with E-state index in [1.54, 1.807) is 0 Å². The van der Waals surface area contributed by atoms with Crippen LogP contribution in [-0.4, -0.2) is 39.2 Å². The van der Waals surface area contributed by atoms with Crippen LogP contribution in [-0.2, 0) is 13.7 Å². The van der Waals surface area contributed by atoms with Crippen molar-refractivity contribution in [2.24, 2.45) is 13.0 Å². The Labute approximate surface area is 102 Å². The molecule has 0 spiro atoms. The molecular formula is C12H21N3O2. The van der Waals surface area contributed by atoms with Crippen molar-refractivity contribution in [3.63, 3.8) is 0 Å². The molecule has 1 aliphatic rings. The van der Waals surface area contributed by atoms with Gasteiger partial charge in [-0.3, -0.25) is 4.68 Å². The Morgan fingerprint density at radius 2 is 2.18 bits per heavy atom. The molecule has 2 N–H and O–H groups in total. The van der Waals surface area contributed by atoms with Gasteiger partial charge in [0.25, 0.3) is 0 Å². The molecular weight excluding hydrogens is 218 g/mol. The molecule has 1 saturated heterocycles. The summed E-state index contributed by atoms with van der Waals surface area (Å²) in [7, 11) is 1.90. The number of piperidine rings is 1. The summed E-state index contributed by atoms with van der Waals surface area (Å²) in [5, 5.41) is 23.5. The van der Waals surface area contributed by atoms with Gasteiger partial charge in [-0.25, -0.2) is 0 Å². The Morgan fingerprint density at radius 3 is 2.76 bits per heavy atom. The number of aliphatic hydroxyl groups is 2. The van der Waals surface area contributed by atoms with E-state index in [2.05, 4.69) is 16.9 Å². The molecule has 96 valence electrons. The van der Waals surface area contributed by atoms with Gasteiger partial charge >= 0.3 is 0 Å². The average Bonchev–Trinajstić information content (AvgIpc) is 2.57. The molecule has 5 heteroatoms.